The number of hydrogen-bond acceptors (Lipinski definition) is 6. The molecule has 0 aromatic carbocycles. The molecule has 2 rings (SSSR count). The lowest BCUT2D eigenvalue weighted by Gasteiger charge is -2.48. The van der Waals surface area contributed by atoms with E-state index in [0.717, 1.165) is 51.4 Å². The molecule has 0 aromatic heterocycles. The summed E-state index contributed by atoms with van der Waals surface area (Å²) in [5.74, 6) is -2.30. The molecule has 2 atom stereocenters. The van der Waals surface area contributed by atoms with E-state index in [9.17, 15) is 19.5 Å². The highest BCUT2D eigenvalue weighted by molar-refractivity contribution is 7.80. The molecule has 2 aliphatic carbocycles. The number of esters is 1. The highest BCUT2D eigenvalue weighted by atomic mass is 32.1. The first-order valence-corrected chi connectivity index (χ1v) is 12.4. The summed E-state index contributed by atoms with van der Waals surface area (Å²) in [5, 5.41) is 9.56. The molecule has 0 bridgehead atoms. The second-order valence-corrected chi connectivity index (χ2v) is 9.79. The van der Waals surface area contributed by atoms with Crippen LogP contribution in [0.3, 0.4) is 0 Å². The van der Waals surface area contributed by atoms with E-state index in [4.69, 9.17) is 4.74 Å². The monoisotopic (exact) mass is 456 g/mol. The first kappa shape index (κ1) is 26.0. The van der Waals surface area contributed by atoms with Crippen LogP contribution < -0.4 is 0 Å². The smallest absolute Gasteiger partial charge is 0.332 e. The minimum atomic E-state index is -1.38. The summed E-state index contributed by atoms with van der Waals surface area (Å²) in [7, 11) is 1.30. The molecule has 1 amide bonds. The molecule has 0 spiro atoms. The van der Waals surface area contributed by atoms with Gasteiger partial charge in [0, 0.05) is 30.3 Å². The third-order valence-corrected chi connectivity index (χ3v) is 7.60. The number of aliphatic carboxylic acids is 1. The number of rotatable bonds is 10. The Labute approximate surface area is 192 Å². The topological polar surface area (TPSA) is 87.2 Å². The van der Waals surface area contributed by atoms with Crippen molar-refractivity contribution in [3.8, 4) is 0 Å². The summed E-state index contributed by atoms with van der Waals surface area (Å²) in [6.07, 6.45) is 11.4. The fraction of sp³-hybridized carbons (Fsp3) is 0.870. The molecular weight excluding hydrogens is 416 g/mol. The van der Waals surface area contributed by atoms with Crippen molar-refractivity contribution in [2.75, 3.05) is 26.0 Å². The van der Waals surface area contributed by atoms with Crippen LogP contribution in [0.4, 0.5) is 0 Å². The van der Waals surface area contributed by atoms with E-state index in [1.54, 1.807) is 13.8 Å². The number of ether oxygens (including phenoxy) is 1. The average molecular weight is 457 g/mol. The minimum absolute atomic E-state index is 0.279. The number of carboxylic acids is 1. The molecule has 8 heteroatoms. The third-order valence-electron chi connectivity index (χ3n) is 7.05. The maximum absolute atomic E-state index is 13.2. The Hall–Kier alpha value is -1.28. The van der Waals surface area contributed by atoms with Gasteiger partial charge in [-0.15, -0.1) is 0 Å². The molecule has 31 heavy (non-hydrogen) atoms. The molecule has 0 radical (unpaired) electrons. The van der Waals surface area contributed by atoms with Gasteiger partial charge in [0.05, 0.1) is 7.11 Å². The maximum Gasteiger partial charge on any atom is 0.332 e. The Bertz CT molecular complexity index is 601. The summed E-state index contributed by atoms with van der Waals surface area (Å²) in [4.78, 5) is 41.7. The average Bonchev–Trinajstić information content (AvgIpc) is 2.80. The SMILES string of the molecule is COC(=O)C(C)(CN(C1CCCCC1)C1CCCCC1)N(CC(=O)O)C(=O)[C@H](C)CS. The zero-order valence-corrected chi connectivity index (χ0v) is 20.2. The van der Waals surface area contributed by atoms with Crippen LogP contribution in [-0.4, -0.2) is 76.3 Å². The van der Waals surface area contributed by atoms with E-state index in [1.807, 2.05) is 0 Å². The molecule has 0 aliphatic heterocycles. The molecule has 178 valence electrons. The third kappa shape index (κ3) is 6.60. The Morgan fingerprint density at radius 2 is 1.52 bits per heavy atom. The van der Waals surface area contributed by atoms with E-state index in [0.29, 0.717) is 18.6 Å². The van der Waals surface area contributed by atoms with Crippen LogP contribution in [0.1, 0.15) is 78.1 Å². The van der Waals surface area contributed by atoms with Gasteiger partial charge in [0.1, 0.15) is 6.54 Å². The van der Waals surface area contributed by atoms with Gasteiger partial charge in [0.2, 0.25) is 5.91 Å². The molecule has 1 N–H and O–H groups in total. The molecule has 0 saturated heterocycles. The fourth-order valence-electron chi connectivity index (χ4n) is 5.19. The predicted molar refractivity (Wildman–Crippen MR) is 123 cm³/mol. The molecule has 0 heterocycles. The van der Waals surface area contributed by atoms with Crippen LogP contribution in [0.2, 0.25) is 0 Å². The van der Waals surface area contributed by atoms with Gasteiger partial charge in [0.25, 0.3) is 0 Å². The number of thiol groups is 1. The maximum atomic E-state index is 13.2. The normalized spacial score (nSPS) is 21.3. The van der Waals surface area contributed by atoms with Crippen molar-refractivity contribution in [2.24, 2.45) is 5.92 Å². The quantitative estimate of drug-likeness (QED) is 0.387. The summed E-state index contributed by atoms with van der Waals surface area (Å²) in [6.45, 7) is 3.14. The van der Waals surface area contributed by atoms with Crippen molar-refractivity contribution in [1.82, 2.24) is 9.80 Å². The first-order chi connectivity index (χ1) is 14.7. The van der Waals surface area contributed by atoms with Crippen molar-refractivity contribution < 1.29 is 24.2 Å². The molecular formula is C23H40N2O5S. The highest BCUT2D eigenvalue weighted by Crippen LogP contribution is 2.33. The van der Waals surface area contributed by atoms with Gasteiger partial charge >= 0.3 is 11.9 Å². The van der Waals surface area contributed by atoms with Crippen molar-refractivity contribution in [3.05, 3.63) is 0 Å². The number of carbonyl (C=O) groups excluding carboxylic acids is 2. The summed E-state index contributed by atoms with van der Waals surface area (Å²) in [6, 6.07) is 0.704. The Balaban J connectivity index is 2.43. The van der Waals surface area contributed by atoms with Crippen LogP contribution in [0.25, 0.3) is 0 Å². The van der Waals surface area contributed by atoms with Gasteiger partial charge in [-0.05, 0) is 32.6 Å². The van der Waals surface area contributed by atoms with Crippen molar-refractivity contribution >= 4 is 30.5 Å². The molecule has 1 unspecified atom stereocenters. The second kappa shape index (κ2) is 12.1. The number of carbonyl (C=O) groups is 3. The van der Waals surface area contributed by atoms with E-state index < -0.39 is 29.9 Å². The van der Waals surface area contributed by atoms with Crippen LogP contribution in [0.5, 0.6) is 0 Å². The zero-order chi connectivity index (χ0) is 23.0. The number of carboxylic acid groups (broad SMARTS) is 1. The number of amides is 1. The van der Waals surface area contributed by atoms with Crippen LogP contribution in [0, 0.1) is 5.92 Å². The van der Waals surface area contributed by atoms with Gasteiger partial charge in [-0.1, -0.05) is 45.4 Å². The zero-order valence-electron chi connectivity index (χ0n) is 19.3. The van der Waals surface area contributed by atoms with E-state index in [1.165, 1.54) is 24.9 Å². The summed E-state index contributed by atoms with van der Waals surface area (Å²) < 4.78 is 5.15. The molecule has 2 aliphatic rings. The van der Waals surface area contributed by atoms with Crippen molar-refractivity contribution in [3.63, 3.8) is 0 Å². The Morgan fingerprint density at radius 1 is 1.03 bits per heavy atom. The number of hydrogen-bond donors (Lipinski definition) is 2. The van der Waals surface area contributed by atoms with E-state index in [2.05, 4.69) is 17.5 Å². The lowest BCUT2D eigenvalue weighted by molar-refractivity contribution is -0.168. The first-order valence-electron chi connectivity index (χ1n) is 11.7. The van der Waals surface area contributed by atoms with E-state index >= 15 is 0 Å². The molecule has 2 fully saturated rings. The number of methoxy groups -OCH3 is 1. The van der Waals surface area contributed by atoms with Gasteiger partial charge in [-0.3, -0.25) is 14.5 Å². The Kier molecular flexibility index (Phi) is 10.1. The summed E-state index contributed by atoms with van der Waals surface area (Å²) >= 11 is 4.23. The van der Waals surface area contributed by atoms with Crippen molar-refractivity contribution in [1.29, 1.82) is 0 Å². The second-order valence-electron chi connectivity index (χ2n) is 9.42. The van der Waals surface area contributed by atoms with Crippen molar-refractivity contribution in [2.45, 2.75) is 95.7 Å². The molecule has 7 nitrogen and oxygen atoms in total. The predicted octanol–water partition coefficient (Wildman–Crippen LogP) is 3.36. The van der Waals surface area contributed by atoms with Gasteiger partial charge in [0.15, 0.2) is 5.54 Å². The summed E-state index contributed by atoms with van der Waals surface area (Å²) in [5.41, 5.74) is -1.38. The van der Waals surface area contributed by atoms with Gasteiger partial charge in [-0.25, -0.2) is 4.79 Å². The largest absolute Gasteiger partial charge is 0.480 e. The van der Waals surface area contributed by atoms with Gasteiger partial charge < -0.3 is 14.7 Å². The highest BCUT2D eigenvalue weighted by Gasteiger charge is 2.48. The lowest BCUT2D eigenvalue weighted by atomic mass is 9.86. The van der Waals surface area contributed by atoms with E-state index in [-0.39, 0.29) is 11.7 Å². The van der Waals surface area contributed by atoms with Gasteiger partial charge in [-0.2, -0.15) is 12.6 Å². The van der Waals surface area contributed by atoms with Crippen LogP contribution in [0.15, 0.2) is 0 Å². The van der Waals surface area contributed by atoms with Crippen LogP contribution >= 0.6 is 12.6 Å². The molecule has 0 aromatic rings. The van der Waals surface area contributed by atoms with Crippen LogP contribution in [-0.2, 0) is 19.1 Å². The lowest BCUT2D eigenvalue weighted by Crippen LogP contribution is -2.65. The minimum Gasteiger partial charge on any atom is -0.480 e. The fourth-order valence-corrected chi connectivity index (χ4v) is 5.35. The molecule has 2 saturated carbocycles. The standard InChI is InChI=1S/C23H40N2O5S/c1-17(15-31)21(28)25(14-20(26)27)23(2,22(29)30-3)16-24(18-10-6-4-7-11-18)19-12-8-5-9-13-19/h17-19,31H,4-16H2,1-3H3,(H,26,27)/t17-,23?/m1/s1. The Morgan fingerprint density at radius 3 is 1.90 bits per heavy atom. The number of nitrogens with zero attached hydrogens (tertiary/aromatic N) is 2.